The molecule has 0 aromatic heterocycles. The van der Waals surface area contributed by atoms with Gasteiger partial charge in [0, 0.05) is 17.9 Å². The molecule has 1 unspecified atom stereocenters. The first-order valence-corrected chi connectivity index (χ1v) is 12.3. The van der Waals surface area contributed by atoms with Crippen LogP contribution in [0.25, 0.3) is 0 Å². The Balaban J connectivity index is 1.59. The predicted molar refractivity (Wildman–Crippen MR) is 137 cm³/mol. The average molecular weight is 445 g/mol. The van der Waals surface area contributed by atoms with E-state index in [9.17, 15) is 0 Å². The van der Waals surface area contributed by atoms with E-state index in [1.165, 1.54) is 22.5 Å². The van der Waals surface area contributed by atoms with Crippen molar-refractivity contribution in [3.05, 3.63) is 83.9 Å². The summed E-state index contributed by atoms with van der Waals surface area (Å²) in [5, 5.41) is 0. The van der Waals surface area contributed by atoms with Gasteiger partial charge in [-0.05, 0) is 86.4 Å². The van der Waals surface area contributed by atoms with Crippen molar-refractivity contribution in [3.63, 3.8) is 0 Å². The molecule has 0 radical (unpaired) electrons. The van der Waals surface area contributed by atoms with Gasteiger partial charge in [-0.25, -0.2) is 0 Å². The fourth-order valence-electron chi connectivity index (χ4n) is 4.69. The van der Waals surface area contributed by atoms with E-state index in [0.717, 1.165) is 44.0 Å². The zero-order chi connectivity index (χ0) is 23.0. The van der Waals surface area contributed by atoms with Crippen molar-refractivity contribution in [2.75, 3.05) is 37.7 Å². The Labute approximate surface area is 198 Å². The lowest BCUT2D eigenvalue weighted by atomic mass is 9.90. The molecule has 0 N–H and O–H groups in total. The maximum atomic E-state index is 6.03. The number of rotatable bonds is 10. The van der Waals surface area contributed by atoms with Crippen LogP contribution in [0.5, 0.6) is 11.5 Å². The number of ether oxygens (including phenoxy) is 2. The minimum atomic E-state index is 0.297. The third kappa shape index (κ3) is 5.51. The smallest absolute Gasteiger partial charge is 0.119 e. The Morgan fingerprint density at radius 3 is 2.27 bits per heavy atom. The second-order valence-corrected chi connectivity index (χ2v) is 8.43. The molecule has 1 aliphatic rings. The molecule has 1 atom stereocenters. The largest absolute Gasteiger partial charge is 0.494 e. The maximum Gasteiger partial charge on any atom is 0.119 e. The lowest BCUT2D eigenvalue weighted by molar-refractivity contribution is 0.223. The molecule has 3 aromatic rings. The summed E-state index contributed by atoms with van der Waals surface area (Å²) in [5.41, 5.74) is 5.13. The molecule has 0 saturated heterocycles. The van der Waals surface area contributed by atoms with Gasteiger partial charge in [0.25, 0.3) is 0 Å². The summed E-state index contributed by atoms with van der Waals surface area (Å²) in [7, 11) is 0. The van der Waals surface area contributed by atoms with E-state index in [-0.39, 0.29) is 0 Å². The van der Waals surface area contributed by atoms with Gasteiger partial charge in [-0.1, -0.05) is 44.2 Å². The number of likely N-dealkylation sites (N-methyl/N-ethyl adjacent to an activating group) is 1. The highest BCUT2D eigenvalue weighted by atomic mass is 16.5. The molecule has 1 heterocycles. The quantitative estimate of drug-likeness (QED) is 0.350. The van der Waals surface area contributed by atoms with Crippen LogP contribution in [0.2, 0.25) is 0 Å². The van der Waals surface area contributed by atoms with Crippen LogP contribution in [-0.4, -0.2) is 37.7 Å². The molecule has 4 rings (SSSR count). The first-order chi connectivity index (χ1) is 16.2. The molecule has 0 saturated carbocycles. The third-order valence-electron chi connectivity index (χ3n) is 6.49. The number of hydrogen-bond donors (Lipinski definition) is 0. The fraction of sp³-hybridized carbons (Fsp3) is 0.379. The van der Waals surface area contributed by atoms with Crippen molar-refractivity contribution < 1.29 is 9.47 Å². The number of hydrogen-bond acceptors (Lipinski definition) is 4. The van der Waals surface area contributed by atoms with Crippen molar-refractivity contribution >= 4 is 11.4 Å². The van der Waals surface area contributed by atoms with Crippen molar-refractivity contribution in [1.82, 2.24) is 4.90 Å². The van der Waals surface area contributed by atoms with Crippen LogP contribution in [0.4, 0.5) is 11.4 Å². The molecule has 33 heavy (non-hydrogen) atoms. The standard InChI is InChI=1S/C29H36N2O2/c1-4-30(5-2)20-21-33-26-15-13-25(14-16-26)31-28(23-10-8-7-9-11-23)18-12-24-22-27(32-6-3)17-19-29(24)31/h7-11,13-17,19,22,28H,4-6,12,18,20-21H2,1-3H3. The van der Waals surface area contributed by atoms with Crippen LogP contribution in [0.15, 0.2) is 72.8 Å². The topological polar surface area (TPSA) is 24.9 Å². The normalized spacial score (nSPS) is 15.4. The van der Waals surface area contributed by atoms with E-state index in [0.29, 0.717) is 19.3 Å². The highest BCUT2D eigenvalue weighted by Gasteiger charge is 2.29. The van der Waals surface area contributed by atoms with Gasteiger partial charge < -0.3 is 19.3 Å². The maximum absolute atomic E-state index is 6.03. The van der Waals surface area contributed by atoms with Gasteiger partial charge in [0.1, 0.15) is 18.1 Å². The van der Waals surface area contributed by atoms with Crippen LogP contribution < -0.4 is 14.4 Å². The summed E-state index contributed by atoms with van der Waals surface area (Å²) in [6, 6.07) is 26.2. The number of anilines is 2. The van der Waals surface area contributed by atoms with Gasteiger partial charge in [-0.2, -0.15) is 0 Å². The lowest BCUT2D eigenvalue weighted by Crippen LogP contribution is -2.29. The molecular formula is C29H36N2O2. The minimum absolute atomic E-state index is 0.297. The van der Waals surface area contributed by atoms with Crippen molar-refractivity contribution in [3.8, 4) is 11.5 Å². The van der Waals surface area contributed by atoms with Crippen LogP contribution in [0.1, 0.15) is 44.4 Å². The predicted octanol–water partition coefficient (Wildman–Crippen LogP) is 6.63. The van der Waals surface area contributed by atoms with Crippen LogP contribution in [0, 0.1) is 0 Å². The Bertz CT molecular complexity index is 1000. The zero-order valence-electron chi connectivity index (χ0n) is 20.2. The molecule has 4 heteroatoms. The van der Waals surface area contributed by atoms with E-state index in [1.807, 2.05) is 6.92 Å². The Morgan fingerprint density at radius 1 is 0.848 bits per heavy atom. The lowest BCUT2D eigenvalue weighted by Gasteiger charge is -2.39. The number of benzene rings is 3. The average Bonchev–Trinajstić information content (AvgIpc) is 2.87. The highest BCUT2D eigenvalue weighted by molar-refractivity contribution is 5.71. The SMILES string of the molecule is CCOc1ccc2c(c1)CCC(c1ccccc1)N2c1ccc(OCCN(CC)CC)cc1. The van der Waals surface area contributed by atoms with E-state index >= 15 is 0 Å². The zero-order valence-corrected chi connectivity index (χ0v) is 20.2. The van der Waals surface area contributed by atoms with Gasteiger partial charge in [0.2, 0.25) is 0 Å². The van der Waals surface area contributed by atoms with Gasteiger partial charge in [-0.3, -0.25) is 0 Å². The Kier molecular flexibility index (Phi) is 7.90. The van der Waals surface area contributed by atoms with Crippen LogP contribution in [0.3, 0.4) is 0 Å². The Hall–Kier alpha value is -2.98. The molecule has 0 amide bonds. The van der Waals surface area contributed by atoms with E-state index in [2.05, 4.69) is 96.4 Å². The molecule has 3 aromatic carbocycles. The Morgan fingerprint density at radius 2 is 1.58 bits per heavy atom. The fourth-order valence-corrected chi connectivity index (χ4v) is 4.69. The highest BCUT2D eigenvalue weighted by Crippen LogP contribution is 2.44. The van der Waals surface area contributed by atoms with Crippen LogP contribution >= 0.6 is 0 Å². The second-order valence-electron chi connectivity index (χ2n) is 8.43. The first-order valence-electron chi connectivity index (χ1n) is 12.3. The van der Waals surface area contributed by atoms with E-state index in [1.54, 1.807) is 0 Å². The molecule has 0 aliphatic carbocycles. The van der Waals surface area contributed by atoms with Gasteiger partial charge in [0.05, 0.1) is 12.6 Å². The monoisotopic (exact) mass is 444 g/mol. The number of fused-ring (bicyclic) bond motifs is 1. The minimum Gasteiger partial charge on any atom is -0.494 e. The summed E-state index contributed by atoms with van der Waals surface area (Å²) in [4.78, 5) is 4.85. The van der Waals surface area contributed by atoms with Crippen molar-refractivity contribution in [1.29, 1.82) is 0 Å². The van der Waals surface area contributed by atoms with Gasteiger partial charge >= 0.3 is 0 Å². The molecule has 174 valence electrons. The molecule has 1 aliphatic heterocycles. The van der Waals surface area contributed by atoms with E-state index in [4.69, 9.17) is 9.47 Å². The molecule has 0 fully saturated rings. The first kappa shape index (κ1) is 23.2. The molecule has 0 spiro atoms. The van der Waals surface area contributed by atoms with Crippen LogP contribution in [-0.2, 0) is 6.42 Å². The summed E-state index contributed by atoms with van der Waals surface area (Å²) in [6.07, 6.45) is 2.10. The molecular weight excluding hydrogens is 408 g/mol. The summed E-state index contributed by atoms with van der Waals surface area (Å²) < 4.78 is 11.8. The third-order valence-corrected chi connectivity index (χ3v) is 6.49. The second kappa shape index (κ2) is 11.2. The summed E-state index contributed by atoms with van der Waals surface area (Å²) in [5.74, 6) is 1.87. The van der Waals surface area contributed by atoms with Gasteiger partial charge in [0.15, 0.2) is 0 Å². The summed E-state index contributed by atoms with van der Waals surface area (Å²) in [6.45, 7) is 10.9. The number of aryl methyl sites for hydroxylation is 1. The van der Waals surface area contributed by atoms with Gasteiger partial charge in [-0.15, -0.1) is 0 Å². The summed E-state index contributed by atoms with van der Waals surface area (Å²) >= 11 is 0. The molecule has 4 nitrogen and oxygen atoms in total. The number of nitrogens with zero attached hydrogens (tertiary/aromatic N) is 2. The van der Waals surface area contributed by atoms with Crippen molar-refractivity contribution in [2.24, 2.45) is 0 Å². The molecule has 0 bridgehead atoms. The van der Waals surface area contributed by atoms with E-state index < -0.39 is 0 Å². The van der Waals surface area contributed by atoms with Crippen molar-refractivity contribution in [2.45, 2.75) is 39.7 Å².